The molecule has 0 spiro atoms. The number of ether oxygens (including phenoxy) is 2. The third-order valence-electron chi connectivity index (χ3n) is 14.6. The van der Waals surface area contributed by atoms with Gasteiger partial charge in [-0.2, -0.15) is 0 Å². The van der Waals surface area contributed by atoms with Gasteiger partial charge in [-0.3, -0.25) is 0 Å². The standard InChI is InChI=1S/C49H76N2O2.2HI/c1-50(27-11-3-4-12-28-50)31-15-7-9-17-33-52-46-23-19-42(20-24-46)48(49-44-36-40-35-41(38-44)39-45(49)37-40)43-21-25-47(26-22-43)53-34-18-10-8-16-32-51(2)29-13-5-6-14-30-51;;/h19-26,40-41,44-45H,3-18,27-39H2,1-2H3;2*1H/q+2;;/p-2. The van der Waals surface area contributed by atoms with Gasteiger partial charge in [-0.05, 0) is 199 Å². The van der Waals surface area contributed by atoms with Gasteiger partial charge >= 0.3 is 0 Å². The number of rotatable bonds is 18. The summed E-state index contributed by atoms with van der Waals surface area (Å²) in [7, 11) is 4.99. The van der Waals surface area contributed by atoms with E-state index in [-0.39, 0.29) is 48.0 Å². The van der Waals surface area contributed by atoms with Gasteiger partial charge in [-0.15, -0.1) is 0 Å². The molecule has 0 aromatic heterocycles. The molecule has 4 saturated carbocycles. The van der Waals surface area contributed by atoms with Crippen molar-refractivity contribution >= 4 is 5.57 Å². The van der Waals surface area contributed by atoms with Crippen molar-refractivity contribution in [1.82, 2.24) is 0 Å². The topological polar surface area (TPSA) is 18.5 Å². The highest BCUT2D eigenvalue weighted by Gasteiger charge is 2.46. The van der Waals surface area contributed by atoms with Gasteiger partial charge in [-0.25, -0.2) is 0 Å². The van der Waals surface area contributed by atoms with Gasteiger partial charge in [0.25, 0.3) is 0 Å². The van der Waals surface area contributed by atoms with Crippen LogP contribution >= 0.6 is 0 Å². The van der Waals surface area contributed by atoms with Crippen molar-refractivity contribution in [3.05, 3.63) is 65.2 Å². The Kier molecular flexibility index (Phi) is 18.5. The maximum Gasteiger partial charge on any atom is 0.119 e. The third kappa shape index (κ3) is 13.1. The zero-order chi connectivity index (χ0) is 36.4. The van der Waals surface area contributed by atoms with Gasteiger partial charge in [0.1, 0.15) is 11.5 Å². The van der Waals surface area contributed by atoms with Gasteiger partial charge in [0.2, 0.25) is 0 Å². The third-order valence-corrected chi connectivity index (χ3v) is 14.6. The highest BCUT2D eigenvalue weighted by molar-refractivity contribution is 5.83. The summed E-state index contributed by atoms with van der Waals surface area (Å²) in [5.74, 6) is 5.50. The first-order valence-electron chi connectivity index (χ1n) is 22.8. The minimum atomic E-state index is 0. The van der Waals surface area contributed by atoms with Gasteiger partial charge < -0.3 is 66.4 Å². The number of quaternary nitrogens is 2. The van der Waals surface area contributed by atoms with Crippen molar-refractivity contribution in [3.8, 4) is 11.5 Å². The summed E-state index contributed by atoms with van der Waals surface area (Å²) in [5.41, 5.74) is 6.02. The lowest BCUT2D eigenvalue weighted by Crippen LogP contribution is -3.00. The van der Waals surface area contributed by atoms with Crippen LogP contribution in [-0.4, -0.2) is 75.5 Å². The summed E-state index contributed by atoms with van der Waals surface area (Å²) < 4.78 is 15.2. The normalized spacial score (nSPS) is 25.2. The number of likely N-dealkylation sites (tertiary alicyclic amines) is 2. The Bertz CT molecular complexity index is 1310. The molecule has 55 heavy (non-hydrogen) atoms. The molecule has 0 N–H and O–H groups in total. The second-order valence-electron chi connectivity index (χ2n) is 19.1. The van der Waals surface area contributed by atoms with E-state index < -0.39 is 0 Å². The molecule has 6 fully saturated rings. The molecule has 2 aromatic rings. The molecule has 2 aromatic carbocycles. The molecule has 6 heteroatoms. The SMILES string of the molecule is C[N+]1(CCCCCCOc2ccc(C(=C3C4CC5CC(C4)CC3C5)c3ccc(OCCCCCC[N+]4(C)CCCCCC4)cc3)cc2)CCCCCC1.[I-].[I-]. The van der Waals surface area contributed by atoms with Crippen LogP contribution < -0.4 is 57.4 Å². The maximum atomic E-state index is 6.30. The minimum Gasteiger partial charge on any atom is -1.00 e. The first-order valence-corrected chi connectivity index (χ1v) is 22.8. The highest BCUT2D eigenvalue weighted by Crippen LogP contribution is 2.58. The lowest BCUT2D eigenvalue weighted by molar-refractivity contribution is -0.909. The molecule has 2 saturated heterocycles. The van der Waals surface area contributed by atoms with Crippen molar-refractivity contribution in [2.24, 2.45) is 23.7 Å². The molecule has 0 unspecified atom stereocenters. The molecule has 0 radical (unpaired) electrons. The lowest BCUT2D eigenvalue weighted by Gasteiger charge is -2.52. The number of hydrogen-bond acceptors (Lipinski definition) is 2. The van der Waals surface area contributed by atoms with Crippen molar-refractivity contribution in [2.75, 3.05) is 66.6 Å². The fourth-order valence-corrected chi connectivity index (χ4v) is 11.7. The van der Waals surface area contributed by atoms with Crippen LogP contribution in [0.15, 0.2) is 54.1 Å². The Hall–Kier alpha value is -0.840. The maximum absolute atomic E-state index is 6.30. The fourth-order valence-electron chi connectivity index (χ4n) is 11.7. The zero-order valence-electron chi connectivity index (χ0n) is 34.9. The predicted octanol–water partition coefficient (Wildman–Crippen LogP) is 5.87. The predicted molar refractivity (Wildman–Crippen MR) is 222 cm³/mol. The van der Waals surface area contributed by atoms with Gasteiger partial charge in [0.15, 0.2) is 0 Å². The van der Waals surface area contributed by atoms with Crippen LogP contribution in [0.5, 0.6) is 11.5 Å². The average Bonchev–Trinajstić information content (AvgIpc) is 3.52. The van der Waals surface area contributed by atoms with Crippen LogP contribution in [0.1, 0.15) is 146 Å². The van der Waals surface area contributed by atoms with Gasteiger partial charge in [-0.1, -0.05) is 29.8 Å². The highest BCUT2D eigenvalue weighted by atomic mass is 127. The largest absolute Gasteiger partial charge is 1.00 e. The molecule has 2 aliphatic heterocycles. The smallest absolute Gasteiger partial charge is 0.119 e. The first kappa shape index (κ1) is 45.2. The Morgan fingerprint density at radius 1 is 0.473 bits per heavy atom. The van der Waals surface area contributed by atoms with Crippen LogP contribution in [0.4, 0.5) is 0 Å². The van der Waals surface area contributed by atoms with Crippen molar-refractivity contribution in [3.63, 3.8) is 0 Å². The zero-order valence-corrected chi connectivity index (χ0v) is 39.2. The number of hydrogen-bond donors (Lipinski definition) is 0. The number of benzene rings is 2. The summed E-state index contributed by atoms with van der Waals surface area (Å²) in [6.45, 7) is 9.92. The molecule has 2 heterocycles. The number of halogens is 2. The lowest BCUT2D eigenvalue weighted by atomic mass is 9.53. The fraction of sp³-hybridized carbons (Fsp3) is 0.714. The Morgan fingerprint density at radius 2 is 0.836 bits per heavy atom. The molecule has 4 bridgehead atoms. The van der Waals surface area contributed by atoms with E-state index in [4.69, 9.17) is 9.47 Å². The van der Waals surface area contributed by atoms with Crippen LogP contribution in [0.2, 0.25) is 0 Å². The van der Waals surface area contributed by atoms with E-state index in [1.807, 2.05) is 0 Å². The summed E-state index contributed by atoms with van der Waals surface area (Å²) in [5, 5.41) is 0. The summed E-state index contributed by atoms with van der Waals surface area (Å²) in [6, 6.07) is 18.4. The summed E-state index contributed by atoms with van der Waals surface area (Å²) in [4.78, 5) is 0. The molecule has 4 aliphatic carbocycles. The molecule has 6 aliphatic rings. The average molecular weight is 979 g/mol. The molecular formula is C49H76I2N2O2. The van der Waals surface area contributed by atoms with Gasteiger partial charge in [0.05, 0.1) is 66.6 Å². The molecular weight excluding hydrogens is 902 g/mol. The van der Waals surface area contributed by atoms with Gasteiger partial charge in [0, 0.05) is 0 Å². The van der Waals surface area contributed by atoms with E-state index in [1.165, 1.54) is 187 Å². The second kappa shape index (κ2) is 22.5. The van der Waals surface area contributed by atoms with E-state index in [0.717, 1.165) is 61.2 Å². The quantitative estimate of drug-likeness (QED) is 0.106. The van der Waals surface area contributed by atoms with E-state index in [1.54, 1.807) is 5.57 Å². The Morgan fingerprint density at radius 3 is 1.22 bits per heavy atom. The van der Waals surface area contributed by atoms with E-state index in [2.05, 4.69) is 62.6 Å². The Balaban J connectivity index is 0.00000290. The molecule has 0 atom stereocenters. The van der Waals surface area contributed by atoms with Crippen LogP contribution in [0.25, 0.3) is 5.57 Å². The molecule has 0 amide bonds. The monoisotopic (exact) mass is 978 g/mol. The number of unbranched alkanes of at least 4 members (excludes halogenated alkanes) is 6. The number of allylic oxidation sites excluding steroid dienone is 1. The van der Waals surface area contributed by atoms with Crippen LogP contribution in [0, 0.1) is 23.7 Å². The van der Waals surface area contributed by atoms with Crippen molar-refractivity contribution in [2.45, 2.75) is 135 Å². The van der Waals surface area contributed by atoms with E-state index in [0.29, 0.717) is 0 Å². The summed E-state index contributed by atoms with van der Waals surface area (Å²) >= 11 is 0. The van der Waals surface area contributed by atoms with Crippen molar-refractivity contribution < 1.29 is 66.4 Å². The van der Waals surface area contributed by atoms with Crippen molar-refractivity contribution in [1.29, 1.82) is 0 Å². The molecule has 4 nitrogen and oxygen atoms in total. The first-order chi connectivity index (χ1) is 26.0. The van der Waals surface area contributed by atoms with Crippen LogP contribution in [0.3, 0.4) is 0 Å². The van der Waals surface area contributed by atoms with Crippen LogP contribution in [-0.2, 0) is 0 Å². The van der Waals surface area contributed by atoms with E-state index in [9.17, 15) is 0 Å². The van der Waals surface area contributed by atoms with E-state index >= 15 is 0 Å². The molecule has 8 rings (SSSR count). The molecule has 308 valence electrons. The number of nitrogens with zero attached hydrogens (tertiary/aromatic N) is 2. The Labute approximate surface area is 371 Å². The second-order valence-corrected chi connectivity index (χ2v) is 19.1. The summed E-state index contributed by atoms with van der Waals surface area (Å²) in [6.07, 6.45) is 28.8. The minimum absolute atomic E-state index is 0.